The molecular formula is C12H5BrF4O2. The summed E-state index contributed by atoms with van der Waals surface area (Å²) in [5.41, 5.74) is -1.24. The van der Waals surface area contributed by atoms with E-state index in [1.165, 1.54) is 12.1 Å². The van der Waals surface area contributed by atoms with Crippen LogP contribution >= 0.6 is 15.9 Å². The van der Waals surface area contributed by atoms with E-state index in [1.54, 1.807) is 0 Å². The highest BCUT2D eigenvalue weighted by Crippen LogP contribution is 2.39. The number of hydrogen-bond donors (Lipinski definition) is 0. The molecule has 2 rings (SSSR count). The highest BCUT2D eigenvalue weighted by atomic mass is 79.9. The molecule has 1 aromatic heterocycles. The van der Waals surface area contributed by atoms with Gasteiger partial charge in [-0.2, -0.15) is 13.2 Å². The van der Waals surface area contributed by atoms with Gasteiger partial charge in [-0.05, 0) is 40.2 Å². The Hall–Kier alpha value is -1.63. The Morgan fingerprint density at radius 2 is 1.89 bits per heavy atom. The molecule has 2 aromatic rings. The molecule has 0 radical (unpaired) electrons. The van der Waals surface area contributed by atoms with Gasteiger partial charge in [0, 0.05) is 5.56 Å². The third-order valence-corrected chi connectivity index (χ3v) is 3.17. The van der Waals surface area contributed by atoms with Gasteiger partial charge in [0.2, 0.25) is 0 Å². The molecule has 100 valence electrons. The van der Waals surface area contributed by atoms with E-state index in [4.69, 9.17) is 4.42 Å². The molecule has 7 heteroatoms. The molecule has 1 aromatic carbocycles. The first kappa shape index (κ1) is 13.8. The van der Waals surface area contributed by atoms with Crippen molar-refractivity contribution in [3.63, 3.8) is 0 Å². The summed E-state index contributed by atoms with van der Waals surface area (Å²) >= 11 is 2.56. The molecule has 0 spiro atoms. The number of alkyl halides is 3. The second-order valence-electron chi connectivity index (χ2n) is 3.64. The smallest absolute Gasteiger partial charge is 0.417 e. The first-order valence-corrected chi connectivity index (χ1v) is 5.74. The maximum Gasteiger partial charge on any atom is 0.417 e. The Labute approximate surface area is 113 Å². The van der Waals surface area contributed by atoms with Crippen molar-refractivity contribution in [3.8, 4) is 11.3 Å². The van der Waals surface area contributed by atoms with Gasteiger partial charge in [-0.15, -0.1) is 0 Å². The molecule has 0 bridgehead atoms. The van der Waals surface area contributed by atoms with Gasteiger partial charge in [-0.3, -0.25) is 4.79 Å². The van der Waals surface area contributed by atoms with E-state index in [9.17, 15) is 22.4 Å². The van der Waals surface area contributed by atoms with E-state index < -0.39 is 22.0 Å². The van der Waals surface area contributed by atoms with E-state index in [2.05, 4.69) is 15.9 Å². The van der Waals surface area contributed by atoms with Gasteiger partial charge in [-0.1, -0.05) is 0 Å². The minimum Gasteiger partial charge on any atom is -0.453 e. The lowest BCUT2D eigenvalue weighted by molar-refractivity contribution is -0.138. The van der Waals surface area contributed by atoms with Crippen molar-refractivity contribution in [3.05, 3.63) is 45.9 Å². The zero-order chi connectivity index (χ0) is 14.2. The zero-order valence-electron chi connectivity index (χ0n) is 9.09. The lowest BCUT2D eigenvalue weighted by Crippen LogP contribution is -2.07. The van der Waals surface area contributed by atoms with Gasteiger partial charge in [0.05, 0.1) is 10.0 Å². The van der Waals surface area contributed by atoms with Crippen LogP contribution in [0.4, 0.5) is 17.6 Å². The molecule has 2 nitrogen and oxygen atoms in total. The Balaban J connectivity index is 2.59. The fraction of sp³-hybridized carbons (Fsp3) is 0.0833. The summed E-state index contributed by atoms with van der Waals surface area (Å²) < 4.78 is 55.9. The summed E-state index contributed by atoms with van der Waals surface area (Å²) in [6, 6.07) is 4.23. The van der Waals surface area contributed by atoms with Gasteiger partial charge in [0.15, 0.2) is 12.0 Å². The van der Waals surface area contributed by atoms with Gasteiger partial charge >= 0.3 is 6.18 Å². The van der Waals surface area contributed by atoms with E-state index >= 15 is 0 Å². The standard InChI is InChI=1S/C12H5BrF4O2/c13-11-8(12(15,16)17)3-6(4-9(11)14)10-2-1-7(5-18)19-10/h1-5H. The zero-order valence-corrected chi connectivity index (χ0v) is 10.7. The van der Waals surface area contributed by atoms with Crippen LogP contribution in [-0.2, 0) is 6.18 Å². The van der Waals surface area contributed by atoms with E-state index in [0.717, 1.165) is 12.1 Å². The molecule has 0 aliphatic rings. The van der Waals surface area contributed by atoms with Crippen LogP contribution in [0.5, 0.6) is 0 Å². The van der Waals surface area contributed by atoms with E-state index in [0.29, 0.717) is 6.29 Å². The van der Waals surface area contributed by atoms with Crippen LogP contribution in [0.3, 0.4) is 0 Å². The maximum atomic E-state index is 13.5. The fourth-order valence-corrected chi connectivity index (χ4v) is 1.96. The highest BCUT2D eigenvalue weighted by molar-refractivity contribution is 9.10. The van der Waals surface area contributed by atoms with Crippen LogP contribution < -0.4 is 0 Å². The number of rotatable bonds is 2. The number of furan rings is 1. The van der Waals surface area contributed by atoms with Gasteiger partial charge in [0.1, 0.15) is 11.6 Å². The predicted octanol–water partition coefficient (Wildman–Crippen LogP) is 4.68. The highest BCUT2D eigenvalue weighted by Gasteiger charge is 2.35. The Morgan fingerprint density at radius 3 is 2.42 bits per heavy atom. The number of carbonyl (C=O) groups is 1. The average Bonchev–Trinajstić information content (AvgIpc) is 2.79. The SMILES string of the molecule is O=Cc1ccc(-c2cc(F)c(Br)c(C(F)(F)F)c2)o1. The molecule has 0 unspecified atom stereocenters. The molecule has 0 aliphatic carbocycles. The molecule has 19 heavy (non-hydrogen) atoms. The van der Waals surface area contributed by atoms with Crippen LogP contribution in [0.1, 0.15) is 16.1 Å². The second kappa shape index (κ2) is 4.80. The van der Waals surface area contributed by atoms with Crippen molar-refractivity contribution in [2.24, 2.45) is 0 Å². The number of hydrogen-bond acceptors (Lipinski definition) is 2. The lowest BCUT2D eigenvalue weighted by Gasteiger charge is -2.11. The van der Waals surface area contributed by atoms with Gasteiger partial charge in [-0.25, -0.2) is 4.39 Å². The number of carbonyl (C=O) groups excluding carboxylic acids is 1. The molecular weight excluding hydrogens is 332 g/mol. The molecule has 0 saturated heterocycles. The van der Waals surface area contributed by atoms with Crippen LogP contribution in [-0.4, -0.2) is 6.29 Å². The maximum absolute atomic E-state index is 13.5. The first-order chi connectivity index (χ1) is 8.82. The summed E-state index contributed by atoms with van der Waals surface area (Å²) in [5.74, 6) is -1.13. The van der Waals surface area contributed by atoms with E-state index in [1.807, 2.05) is 0 Å². The first-order valence-electron chi connectivity index (χ1n) is 4.94. The molecule has 0 fully saturated rings. The predicted molar refractivity (Wildman–Crippen MR) is 62.2 cm³/mol. The minimum absolute atomic E-state index is 0.0148. The van der Waals surface area contributed by atoms with Crippen molar-refractivity contribution >= 4 is 22.2 Å². The van der Waals surface area contributed by atoms with Crippen LogP contribution in [0.2, 0.25) is 0 Å². The van der Waals surface area contributed by atoms with Crippen LogP contribution in [0.15, 0.2) is 33.2 Å². The molecule has 0 saturated carbocycles. The quantitative estimate of drug-likeness (QED) is 0.588. The van der Waals surface area contributed by atoms with Crippen molar-refractivity contribution in [1.82, 2.24) is 0 Å². The number of halogens is 5. The topological polar surface area (TPSA) is 30.2 Å². The van der Waals surface area contributed by atoms with Crippen molar-refractivity contribution in [2.45, 2.75) is 6.18 Å². The second-order valence-corrected chi connectivity index (χ2v) is 4.43. The molecule has 1 heterocycles. The lowest BCUT2D eigenvalue weighted by atomic mass is 10.1. The Kier molecular flexibility index (Phi) is 3.49. The van der Waals surface area contributed by atoms with Gasteiger partial charge in [0.25, 0.3) is 0 Å². The fourth-order valence-electron chi connectivity index (χ4n) is 1.51. The molecule has 0 atom stereocenters. The third-order valence-electron chi connectivity index (χ3n) is 2.36. The molecule has 0 aliphatic heterocycles. The Bertz CT molecular complexity index is 631. The average molecular weight is 337 g/mol. The van der Waals surface area contributed by atoms with Crippen molar-refractivity contribution < 1.29 is 26.8 Å². The van der Waals surface area contributed by atoms with Crippen LogP contribution in [0.25, 0.3) is 11.3 Å². The largest absolute Gasteiger partial charge is 0.453 e. The summed E-state index contributed by atoms with van der Waals surface area (Å²) in [7, 11) is 0. The summed E-state index contributed by atoms with van der Waals surface area (Å²) in [6.45, 7) is 0. The van der Waals surface area contributed by atoms with Crippen molar-refractivity contribution in [2.75, 3.05) is 0 Å². The summed E-state index contributed by atoms with van der Waals surface area (Å²) in [6.07, 6.45) is -4.29. The van der Waals surface area contributed by atoms with Crippen molar-refractivity contribution in [1.29, 1.82) is 0 Å². The normalized spacial score (nSPS) is 11.6. The summed E-state index contributed by atoms with van der Waals surface area (Å²) in [5, 5.41) is 0. The summed E-state index contributed by atoms with van der Waals surface area (Å²) in [4.78, 5) is 10.4. The minimum atomic E-state index is -4.70. The number of aldehydes is 1. The Morgan fingerprint density at radius 1 is 1.21 bits per heavy atom. The molecule has 0 amide bonds. The number of benzene rings is 1. The third kappa shape index (κ3) is 2.70. The van der Waals surface area contributed by atoms with Crippen LogP contribution in [0, 0.1) is 5.82 Å². The van der Waals surface area contributed by atoms with E-state index in [-0.39, 0.29) is 17.1 Å². The molecule has 0 N–H and O–H groups in total. The van der Waals surface area contributed by atoms with Gasteiger partial charge < -0.3 is 4.42 Å². The monoisotopic (exact) mass is 336 g/mol.